The molecule has 0 fully saturated rings. The van der Waals surface area contributed by atoms with Crippen LogP contribution in [0.2, 0.25) is 5.02 Å². The van der Waals surface area contributed by atoms with E-state index in [4.69, 9.17) is 11.6 Å². The van der Waals surface area contributed by atoms with E-state index in [-0.39, 0.29) is 0 Å². The number of aromatic nitrogens is 2. The van der Waals surface area contributed by atoms with Gasteiger partial charge in [0, 0.05) is 23.6 Å². The third-order valence-electron chi connectivity index (χ3n) is 3.38. The van der Waals surface area contributed by atoms with Crippen molar-refractivity contribution in [2.75, 3.05) is 12.8 Å². The highest BCUT2D eigenvalue weighted by atomic mass is 35.5. The minimum Gasteiger partial charge on any atom is -0.341 e. The van der Waals surface area contributed by atoms with Gasteiger partial charge in [0.1, 0.15) is 5.82 Å². The van der Waals surface area contributed by atoms with Crippen LogP contribution in [0.3, 0.4) is 0 Å². The Balaban J connectivity index is 1.92. The van der Waals surface area contributed by atoms with Gasteiger partial charge in [-0.3, -0.25) is 0 Å². The first-order valence-electron chi connectivity index (χ1n) is 6.22. The summed E-state index contributed by atoms with van der Waals surface area (Å²) < 4.78 is 24.6. The maximum absolute atomic E-state index is 11.6. The second-order valence-corrected chi connectivity index (χ2v) is 7.28. The van der Waals surface area contributed by atoms with Gasteiger partial charge in [-0.15, -0.1) is 0 Å². The molecular formula is C13H14ClN3O2S. The van der Waals surface area contributed by atoms with Crippen molar-refractivity contribution in [2.45, 2.75) is 13.0 Å². The lowest BCUT2D eigenvalue weighted by Crippen LogP contribution is -2.35. The average molecular weight is 312 g/mol. The van der Waals surface area contributed by atoms with Crippen LogP contribution < -0.4 is 0 Å². The summed E-state index contributed by atoms with van der Waals surface area (Å²) >= 11 is 5.87. The van der Waals surface area contributed by atoms with Gasteiger partial charge >= 0.3 is 0 Å². The Morgan fingerprint density at radius 3 is 2.65 bits per heavy atom. The Morgan fingerprint density at radius 2 is 2.00 bits per heavy atom. The van der Waals surface area contributed by atoms with E-state index in [2.05, 4.69) is 9.97 Å². The van der Waals surface area contributed by atoms with Gasteiger partial charge < -0.3 is 4.98 Å². The largest absolute Gasteiger partial charge is 0.341 e. The molecule has 106 valence electrons. The van der Waals surface area contributed by atoms with Gasteiger partial charge in [-0.1, -0.05) is 11.6 Å². The topological polar surface area (TPSA) is 66.1 Å². The first-order chi connectivity index (χ1) is 9.43. The third-order valence-corrected chi connectivity index (χ3v) is 4.89. The average Bonchev–Trinajstić information content (AvgIpc) is 2.81. The molecule has 2 heterocycles. The van der Waals surface area contributed by atoms with Crippen molar-refractivity contribution in [1.29, 1.82) is 0 Å². The van der Waals surface area contributed by atoms with Crippen LogP contribution in [-0.2, 0) is 23.0 Å². The molecule has 0 bridgehead atoms. The van der Waals surface area contributed by atoms with Crippen LogP contribution in [0.4, 0.5) is 0 Å². The lowest BCUT2D eigenvalue weighted by atomic mass is 10.2. The van der Waals surface area contributed by atoms with E-state index in [9.17, 15) is 8.42 Å². The van der Waals surface area contributed by atoms with E-state index in [0.29, 0.717) is 24.5 Å². The van der Waals surface area contributed by atoms with Crippen molar-refractivity contribution < 1.29 is 8.42 Å². The smallest absolute Gasteiger partial charge is 0.211 e. The zero-order chi connectivity index (χ0) is 14.3. The minimum atomic E-state index is -3.16. The molecule has 1 N–H and O–H groups in total. The lowest BCUT2D eigenvalue weighted by Gasteiger charge is -2.23. The molecule has 1 aromatic carbocycles. The van der Waals surface area contributed by atoms with Gasteiger partial charge in [0.15, 0.2) is 0 Å². The molecule has 2 aromatic rings. The number of aromatic amines is 1. The summed E-state index contributed by atoms with van der Waals surface area (Å²) in [4.78, 5) is 7.76. The summed E-state index contributed by atoms with van der Waals surface area (Å²) in [5, 5.41) is 0.674. The molecule has 0 radical (unpaired) electrons. The molecule has 3 rings (SSSR count). The van der Waals surface area contributed by atoms with Crippen molar-refractivity contribution in [2.24, 2.45) is 0 Å². The number of sulfonamides is 1. The first kappa shape index (κ1) is 13.6. The number of halogens is 1. The Labute approximate surface area is 122 Å². The summed E-state index contributed by atoms with van der Waals surface area (Å²) in [7, 11) is -3.16. The monoisotopic (exact) mass is 311 g/mol. The summed E-state index contributed by atoms with van der Waals surface area (Å²) in [5.41, 5.74) is 2.75. The summed E-state index contributed by atoms with van der Waals surface area (Å²) in [6.07, 6.45) is 1.86. The highest BCUT2D eigenvalue weighted by molar-refractivity contribution is 7.88. The number of nitrogens with zero attached hydrogens (tertiary/aromatic N) is 2. The van der Waals surface area contributed by atoms with Crippen molar-refractivity contribution in [3.05, 3.63) is 40.7 Å². The Kier molecular flexibility index (Phi) is 3.32. The normalized spacial score (nSPS) is 16.1. The molecular weight excluding hydrogens is 298 g/mol. The number of benzene rings is 1. The number of H-pyrrole nitrogens is 1. The standard InChI is InChI=1S/C13H14ClN3O2S/c1-20(18,19)17-7-6-11-12(8-17)16-13(15-11)9-2-4-10(14)5-3-9/h2-5H,6-8H2,1H3,(H,15,16). The molecule has 0 aliphatic carbocycles. The maximum Gasteiger partial charge on any atom is 0.211 e. The van der Waals surface area contributed by atoms with Gasteiger partial charge in [0.25, 0.3) is 0 Å². The van der Waals surface area contributed by atoms with E-state index < -0.39 is 10.0 Å². The molecule has 0 unspecified atom stereocenters. The van der Waals surface area contributed by atoms with Crippen molar-refractivity contribution >= 4 is 21.6 Å². The number of nitrogens with one attached hydrogen (secondary N) is 1. The SMILES string of the molecule is CS(=O)(=O)N1CCc2nc(-c3ccc(Cl)cc3)[nH]c2C1. The fourth-order valence-electron chi connectivity index (χ4n) is 2.30. The second kappa shape index (κ2) is 4.87. The maximum atomic E-state index is 11.6. The second-order valence-electron chi connectivity index (χ2n) is 4.86. The summed E-state index contributed by atoms with van der Waals surface area (Å²) in [5.74, 6) is 0.752. The highest BCUT2D eigenvalue weighted by Crippen LogP contribution is 2.24. The lowest BCUT2D eigenvalue weighted by molar-refractivity contribution is 0.389. The van der Waals surface area contributed by atoms with Crippen LogP contribution in [0.15, 0.2) is 24.3 Å². The van der Waals surface area contributed by atoms with Gasteiger partial charge in [-0.2, -0.15) is 4.31 Å². The molecule has 0 saturated carbocycles. The number of hydrogen-bond acceptors (Lipinski definition) is 3. The molecule has 20 heavy (non-hydrogen) atoms. The van der Waals surface area contributed by atoms with Crippen molar-refractivity contribution in [3.8, 4) is 11.4 Å². The zero-order valence-corrected chi connectivity index (χ0v) is 12.5. The van der Waals surface area contributed by atoms with E-state index in [0.717, 1.165) is 22.8 Å². The molecule has 1 aliphatic rings. The Hall–Kier alpha value is -1.37. The summed E-state index contributed by atoms with van der Waals surface area (Å²) in [6, 6.07) is 7.39. The summed E-state index contributed by atoms with van der Waals surface area (Å²) in [6.45, 7) is 0.839. The Bertz CT molecular complexity index is 737. The van der Waals surface area contributed by atoms with Gasteiger partial charge in [-0.05, 0) is 24.3 Å². The van der Waals surface area contributed by atoms with Crippen LogP contribution in [0.25, 0.3) is 11.4 Å². The predicted molar refractivity (Wildman–Crippen MR) is 78.0 cm³/mol. The van der Waals surface area contributed by atoms with Crippen LogP contribution in [0, 0.1) is 0 Å². The quantitative estimate of drug-likeness (QED) is 0.923. The van der Waals surface area contributed by atoms with Crippen LogP contribution in [0.5, 0.6) is 0 Å². The molecule has 1 aliphatic heterocycles. The number of rotatable bonds is 2. The van der Waals surface area contributed by atoms with Gasteiger partial charge in [0.05, 0.1) is 24.2 Å². The van der Waals surface area contributed by atoms with Crippen LogP contribution in [0.1, 0.15) is 11.4 Å². The fraction of sp³-hybridized carbons (Fsp3) is 0.308. The third kappa shape index (κ3) is 2.59. The zero-order valence-electron chi connectivity index (χ0n) is 10.9. The molecule has 0 amide bonds. The molecule has 0 atom stereocenters. The van der Waals surface area contributed by atoms with E-state index >= 15 is 0 Å². The number of fused-ring (bicyclic) bond motifs is 1. The van der Waals surface area contributed by atoms with Crippen LogP contribution in [-0.4, -0.2) is 35.5 Å². The van der Waals surface area contributed by atoms with Gasteiger partial charge in [0.2, 0.25) is 10.0 Å². The van der Waals surface area contributed by atoms with Crippen molar-refractivity contribution in [3.63, 3.8) is 0 Å². The number of hydrogen-bond donors (Lipinski definition) is 1. The minimum absolute atomic E-state index is 0.356. The van der Waals surface area contributed by atoms with Gasteiger partial charge in [-0.25, -0.2) is 13.4 Å². The van der Waals surface area contributed by atoms with Crippen LogP contribution >= 0.6 is 11.6 Å². The first-order valence-corrected chi connectivity index (χ1v) is 8.45. The predicted octanol–water partition coefficient (Wildman–Crippen LogP) is 2.05. The Morgan fingerprint density at radius 1 is 1.30 bits per heavy atom. The molecule has 1 aromatic heterocycles. The van der Waals surface area contributed by atoms with Crippen molar-refractivity contribution in [1.82, 2.24) is 14.3 Å². The van der Waals surface area contributed by atoms with E-state index in [1.165, 1.54) is 10.6 Å². The molecule has 0 spiro atoms. The van der Waals surface area contributed by atoms with E-state index in [1.54, 1.807) is 12.1 Å². The molecule has 7 heteroatoms. The number of imidazole rings is 1. The molecule has 5 nitrogen and oxygen atoms in total. The van der Waals surface area contributed by atoms with E-state index in [1.807, 2.05) is 12.1 Å². The molecule has 0 saturated heterocycles. The fourth-order valence-corrected chi connectivity index (χ4v) is 3.21. The highest BCUT2D eigenvalue weighted by Gasteiger charge is 2.25.